The predicted octanol–water partition coefficient (Wildman–Crippen LogP) is 7.30. The van der Waals surface area contributed by atoms with Crippen LogP contribution in [0.1, 0.15) is 41.3 Å². The molecule has 2 N–H and O–H groups in total. The zero-order valence-corrected chi connectivity index (χ0v) is 25.3. The third-order valence-electron chi connectivity index (χ3n) is 7.42. The van der Waals surface area contributed by atoms with Crippen molar-refractivity contribution in [3.05, 3.63) is 78.7 Å². The van der Waals surface area contributed by atoms with Gasteiger partial charge in [0.05, 0.1) is 15.7 Å². The van der Waals surface area contributed by atoms with E-state index in [1.807, 2.05) is 17.9 Å². The van der Waals surface area contributed by atoms with Crippen LogP contribution >= 0.6 is 46.6 Å². The van der Waals surface area contributed by atoms with Crippen molar-refractivity contribution in [2.24, 2.45) is 0 Å². The summed E-state index contributed by atoms with van der Waals surface area (Å²) in [5.74, 6) is 0.0491. The zero-order chi connectivity index (χ0) is 29.6. The molecule has 0 radical (unpaired) electrons. The number of hydrogen-bond acceptors (Lipinski definition) is 5. The maximum atomic E-state index is 14.0. The zero-order valence-electron chi connectivity index (χ0n) is 22.2. The molecular formula is C28H27Cl3F2N4O3S. The van der Waals surface area contributed by atoms with Gasteiger partial charge in [-0.1, -0.05) is 41.0 Å². The Labute approximate surface area is 255 Å². The number of urea groups is 1. The molecule has 0 bridgehead atoms. The number of carbonyl (C=O) groups is 1. The lowest BCUT2D eigenvalue weighted by Crippen LogP contribution is -2.49. The number of rotatable bonds is 7. The Bertz CT molecular complexity index is 1560. The number of carbonyl (C=O) groups excluding carboxylic acids is 1. The van der Waals surface area contributed by atoms with Crippen molar-refractivity contribution in [1.82, 2.24) is 14.8 Å². The van der Waals surface area contributed by atoms with Crippen molar-refractivity contribution in [2.45, 2.75) is 55.1 Å². The number of alkyl halides is 3. The van der Waals surface area contributed by atoms with Crippen LogP contribution in [0.4, 0.5) is 19.3 Å². The molecule has 0 unspecified atom stereocenters. The minimum atomic E-state index is -3.79. The second-order valence-corrected chi connectivity index (χ2v) is 12.4. The minimum Gasteiger partial charge on any atom is -0.505 e. The summed E-state index contributed by atoms with van der Waals surface area (Å²) in [5, 5.41) is 7.92. The topological polar surface area (TPSA) is 79.9 Å². The van der Waals surface area contributed by atoms with E-state index in [1.165, 1.54) is 0 Å². The van der Waals surface area contributed by atoms with Gasteiger partial charge in [0.25, 0.3) is 5.56 Å². The number of nitrogens with one attached hydrogen (secondary N) is 1. The average Bonchev–Trinajstić information content (AvgIpc) is 3.32. The first-order valence-corrected chi connectivity index (χ1v) is 14.9. The maximum Gasteiger partial charge on any atom is 0.362 e. The van der Waals surface area contributed by atoms with E-state index < -0.39 is 16.6 Å². The highest BCUT2D eigenvalue weighted by Crippen LogP contribution is 2.43. The van der Waals surface area contributed by atoms with E-state index >= 15 is 0 Å². The Kier molecular flexibility index (Phi) is 8.51. The van der Waals surface area contributed by atoms with Gasteiger partial charge in [0.15, 0.2) is 0 Å². The van der Waals surface area contributed by atoms with Crippen molar-refractivity contribution in [2.75, 3.05) is 24.5 Å². The molecule has 13 heteroatoms. The van der Waals surface area contributed by atoms with E-state index in [-0.39, 0.29) is 28.8 Å². The molecular weight excluding hydrogens is 617 g/mol. The molecule has 0 aliphatic carbocycles. The lowest BCUT2D eigenvalue weighted by molar-refractivity contribution is 0.0893. The van der Waals surface area contributed by atoms with Gasteiger partial charge in [0.2, 0.25) is 0 Å². The van der Waals surface area contributed by atoms with Crippen molar-refractivity contribution in [1.29, 1.82) is 0 Å². The van der Waals surface area contributed by atoms with Crippen LogP contribution in [0, 0.1) is 6.92 Å². The average molecular weight is 644 g/mol. The van der Waals surface area contributed by atoms with Crippen molar-refractivity contribution in [3.63, 3.8) is 0 Å². The molecule has 2 aliphatic rings. The van der Waals surface area contributed by atoms with Gasteiger partial charge in [-0.25, -0.2) is 4.79 Å². The first-order valence-electron chi connectivity index (χ1n) is 13.0. The fourth-order valence-electron chi connectivity index (χ4n) is 5.27. The first-order chi connectivity index (χ1) is 19.4. The van der Waals surface area contributed by atoms with Crippen LogP contribution in [0.15, 0.2) is 44.9 Å². The third-order valence-corrected chi connectivity index (χ3v) is 9.71. The first kappa shape index (κ1) is 30.0. The van der Waals surface area contributed by atoms with Gasteiger partial charge in [0, 0.05) is 54.6 Å². The lowest BCUT2D eigenvalue weighted by Gasteiger charge is -2.35. The highest BCUT2D eigenvalue weighted by Gasteiger charge is 2.34. The standard InChI is InChI=1S/C28H27Cl3F2N4O3S/c1-3-36-8-5-9-37(27(36)40)21-10-16-12-35(13-17(16)15(2)24(21)38)14-18-22(11-23(28(31,32)33)34-26(18)39)41-25-19(29)6-4-7-20(25)30/h4,6-7,10-11,38H,3,5,8-9,12-14H2,1-2H3,(H,34,39). The number of fused-ring (bicyclic) bond motifs is 1. The quantitative estimate of drug-likeness (QED) is 0.264. The van der Waals surface area contributed by atoms with Crippen molar-refractivity contribution < 1.29 is 18.7 Å². The SMILES string of the molecule is CCN1CCCN(c2cc3c(c(C)c2O)CN(Cc2c(Sc4c(Cl)cccc4Cl)cc(C(F)(F)Cl)[nH]c2=O)C3)C1=O. The van der Waals surface area contributed by atoms with Crippen molar-refractivity contribution in [3.8, 4) is 5.75 Å². The van der Waals surface area contributed by atoms with E-state index in [9.17, 15) is 23.5 Å². The van der Waals surface area contributed by atoms with Crippen LogP contribution in [0.3, 0.4) is 0 Å². The van der Waals surface area contributed by atoms with E-state index in [0.717, 1.165) is 35.4 Å². The highest BCUT2D eigenvalue weighted by atomic mass is 35.5. The van der Waals surface area contributed by atoms with Gasteiger partial charge in [0.1, 0.15) is 11.4 Å². The Morgan fingerprint density at radius 3 is 2.49 bits per heavy atom. The van der Waals surface area contributed by atoms with E-state index in [0.29, 0.717) is 58.9 Å². The normalized spacial score (nSPS) is 16.0. The molecule has 5 rings (SSSR count). The number of halogens is 5. The molecule has 218 valence electrons. The Morgan fingerprint density at radius 1 is 1.12 bits per heavy atom. The number of nitrogens with zero attached hydrogens (tertiary/aromatic N) is 3. The number of amides is 2. The molecule has 3 aromatic rings. The fourth-order valence-corrected chi connectivity index (χ4v) is 7.00. The maximum absolute atomic E-state index is 14.0. The van der Waals surface area contributed by atoms with Crippen LogP contribution in [0.5, 0.6) is 5.75 Å². The molecule has 2 amide bonds. The number of phenolic OH excluding ortho intramolecular Hbond substituents is 1. The molecule has 0 saturated carbocycles. The molecule has 3 heterocycles. The number of phenols is 1. The Hall–Kier alpha value is -2.50. The summed E-state index contributed by atoms with van der Waals surface area (Å²) in [6.07, 6.45) is 0.789. The van der Waals surface area contributed by atoms with Gasteiger partial charge in [-0.2, -0.15) is 8.78 Å². The van der Waals surface area contributed by atoms with Crippen LogP contribution in [0.25, 0.3) is 0 Å². The summed E-state index contributed by atoms with van der Waals surface area (Å²) in [6.45, 7) is 6.43. The molecule has 1 fully saturated rings. The van der Waals surface area contributed by atoms with Gasteiger partial charge in [-0.3, -0.25) is 14.6 Å². The Balaban J connectivity index is 1.48. The van der Waals surface area contributed by atoms with Crippen LogP contribution in [-0.2, 0) is 25.0 Å². The fraction of sp³-hybridized carbons (Fsp3) is 0.357. The number of anilines is 1. The van der Waals surface area contributed by atoms with Gasteiger partial charge in [-0.05, 0) is 72.8 Å². The summed E-state index contributed by atoms with van der Waals surface area (Å²) in [4.78, 5) is 34.4. The monoisotopic (exact) mass is 642 g/mol. The minimum absolute atomic E-state index is 0.0491. The highest BCUT2D eigenvalue weighted by molar-refractivity contribution is 7.99. The van der Waals surface area contributed by atoms with Crippen LogP contribution < -0.4 is 10.5 Å². The van der Waals surface area contributed by atoms with E-state index in [4.69, 9.17) is 34.8 Å². The molecule has 0 spiro atoms. The second kappa shape index (κ2) is 11.6. The summed E-state index contributed by atoms with van der Waals surface area (Å²) in [6, 6.07) is 7.73. The van der Waals surface area contributed by atoms with Crippen molar-refractivity contribution >= 4 is 58.3 Å². The number of H-pyrrole nitrogens is 1. The van der Waals surface area contributed by atoms with Gasteiger partial charge in [-0.15, -0.1) is 0 Å². The van der Waals surface area contributed by atoms with Crippen LogP contribution in [0.2, 0.25) is 10.0 Å². The summed E-state index contributed by atoms with van der Waals surface area (Å²) in [7, 11) is 0. The molecule has 41 heavy (non-hydrogen) atoms. The summed E-state index contributed by atoms with van der Waals surface area (Å²) < 4.78 is 28.1. The smallest absolute Gasteiger partial charge is 0.362 e. The van der Waals surface area contributed by atoms with Gasteiger partial charge >= 0.3 is 11.4 Å². The van der Waals surface area contributed by atoms with E-state index in [1.54, 1.807) is 34.9 Å². The number of aromatic hydroxyl groups is 1. The molecule has 7 nitrogen and oxygen atoms in total. The number of benzene rings is 2. The summed E-state index contributed by atoms with van der Waals surface area (Å²) in [5.41, 5.74) is 1.74. The van der Waals surface area contributed by atoms with E-state index in [2.05, 4.69) is 4.98 Å². The number of aromatic nitrogens is 1. The van der Waals surface area contributed by atoms with Crippen LogP contribution in [-0.4, -0.2) is 45.6 Å². The number of aromatic amines is 1. The molecule has 2 aliphatic heterocycles. The summed E-state index contributed by atoms with van der Waals surface area (Å²) >= 11 is 19.0. The molecule has 1 saturated heterocycles. The number of pyridine rings is 1. The third kappa shape index (κ3) is 5.90. The second-order valence-electron chi connectivity index (χ2n) is 10.0. The Morgan fingerprint density at radius 2 is 1.83 bits per heavy atom. The molecule has 2 aromatic carbocycles. The lowest BCUT2D eigenvalue weighted by atomic mass is 10.0. The number of hydrogen-bond donors (Lipinski definition) is 2. The predicted molar refractivity (Wildman–Crippen MR) is 158 cm³/mol. The largest absolute Gasteiger partial charge is 0.505 e. The molecule has 0 atom stereocenters. The van der Waals surface area contributed by atoms with Gasteiger partial charge < -0.3 is 15.0 Å². The molecule has 1 aromatic heterocycles.